The molecule has 1 aliphatic heterocycles. The van der Waals surface area contributed by atoms with Gasteiger partial charge < -0.3 is 15.0 Å². The maximum absolute atomic E-state index is 13.3. The normalized spacial score (nSPS) is 23.3. The smallest absolute Gasteiger partial charge is 0.230 e. The van der Waals surface area contributed by atoms with Gasteiger partial charge in [-0.05, 0) is 56.0 Å². The molecule has 2 aliphatic rings. The van der Waals surface area contributed by atoms with E-state index in [4.69, 9.17) is 4.74 Å². The number of aromatic nitrogens is 1. The number of carbonyl (C=O) groups excluding carboxylic acids is 1. The number of anilines is 1. The lowest BCUT2D eigenvalue weighted by atomic mass is 9.64. The van der Waals surface area contributed by atoms with Gasteiger partial charge in [0, 0.05) is 25.8 Å². The lowest BCUT2D eigenvalue weighted by Gasteiger charge is -2.40. The molecule has 2 atom stereocenters. The van der Waals surface area contributed by atoms with Crippen molar-refractivity contribution in [2.45, 2.75) is 57.3 Å². The third kappa shape index (κ3) is 4.13. The highest BCUT2D eigenvalue weighted by molar-refractivity contribution is 5.89. The summed E-state index contributed by atoms with van der Waals surface area (Å²) >= 11 is 0. The highest BCUT2D eigenvalue weighted by atomic mass is 19.1. The Kier molecular flexibility index (Phi) is 5.54. The number of halogens is 1. The molecule has 1 aromatic carbocycles. The van der Waals surface area contributed by atoms with E-state index in [0.29, 0.717) is 6.54 Å². The average Bonchev–Trinajstić information content (AvgIpc) is 2.66. The number of hydrogen-bond donors (Lipinski definition) is 1. The van der Waals surface area contributed by atoms with E-state index in [9.17, 15) is 9.18 Å². The second kappa shape index (κ2) is 8.11. The molecule has 4 rings (SSSR count). The van der Waals surface area contributed by atoms with E-state index in [2.05, 4.69) is 29.0 Å². The molecule has 154 valence electrons. The van der Waals surface area contributed by atoms with E-state index < -0.39 is 5.41 Å². The van der Waals surface area contributed by atoms with Gasteiger partial charge in [0.05, 0.1) is 17.6 Å². The van der Waals surface area contributed by atoms with E-state index in [1.165, 1.54) is 12.1 Å². The molecule has 0 spiro atoms. The lowest BCUT2D eigenvalue weighted by Crippen LogP contribution is -2.49. The molecular formula is C23H28FN3O2. The Balaban J connectivity index is 1.38. The Morgan fingerprint density at radius 1 is 1.17 bits per heavy atom. The molecule has 1 aliphatic carbocycles. The van der Waals surface area contributed by atoms with Gasteiger partial charge in [-0.25, -0.2) is 9.37 Å². The van der Waals surface area contributed by atoms with Crippen LogP contribution in [0.15, 0.2) is 42.6 Å². The number of nitrogens with zero attached hydrogens (tertiary/aromatic N) is 2. The van der Waals surface area contributed by atoms with Gasteiger partial charge in [-0.1, -0.05) is 24.6 Å². The van der Waals surface area contributed by atoms with Crippen LogP contribution in [0.3, 0.4) is 0 Å². The van der Waals surface area contributed by atoms with Gasteiger partial charge in [0.2, 0.25) is 5.91 Å². The van der Waals surface area contributed by atoms with Crippen molar-refractivity contribution in [3.05, 3.63) is 59.5 Å². The summed E-state index contributed by atoms with van der Waals surface area (Å²) in [4.78, 5) is 19.8. The number of carbonyl (C=O) groups is 1. The Morgan fingerprint density at radius 3 is 2.41 bits per heavy atom. The van der Waals surface area contributed by atoms with E-state index in [-0.39, 0.29) is 23.9 Å². The van der Waals surface area contributed by atoms with E-state index >= 15 is 0 Å². The van der Waals surface area contributed by atoms with Crippen LogP contribution in [0.5, 0.6) is 0 Å². The molecule has 1 saturated heterocycles. The molecule has 0 radical (unpaired) electrons. The van der Waals surface area contributed by atoms with E-state index in [1.54, 1.807) is 12.1 Å². The number of rotatable bonds is 5. The number of benzene rings is 1. The van der Waals surface area contributed by atoms with E-state index in [1.807, 2.05) is 18.3 Å². The van der Waals surface area contributed by atoms with Crippen LogP contribution < -0.4 is 10.2 Å². The van der Waals surface area contributed by atoms with Crippen LogP contribution in [0.1, 0.15) is 44.2 Å². The van der Waals surface area contributed by atoms with Crippen LogP contribution in [-0.4, -0.2) is 36.2 Å². The minimum Gasteiger partial charge on any atom is -0.372 e. The fourth-order valence-electron chi connectivity index (χ4n) is 4.37. The number of pyridine rings is 1. The zero-order chi connectivity index (χ0) is 20.4. The highest BCUT2D eigenvalue weighted by Gasteiger charge is 2.45. The molecule has 1 saturated carbocycles. The molecule has 1 N–H and O–H groups in total. The lowest BCUT2D eigenvalue weighted by molar-refractivity contribution is -0.130. The van der Waals surface area contributed by atoms with Gasteiger partial charge in [-0.2, -0.15) is 0 Å². The van der Waals surface area contributed by atoms with Gasteiger partial charge in [0.1, 0.15) is 11.6 Å². The molecule has 2 unspecified atom stereocenters. The van der Waals surface area contributed by atoms with Crippen molar-refractivity contribution in [2.24, 2.45) is 0 Å². The molecule has 1 amide bonds. The van der Waals surface area contributed by atoms with Gasteiger partial charge >= 0.3 is 0 Å². The van der Waals surface area contributed by atoms with Crippen LogP contribution in [0.2, 0.25) is 0 Å². The summed E-state index contributed by atoms with van der Waals surface area (Å²) in [7, 11) is 0. The standard InChI is InChI=1S/C23H28FN3O2/c1-16-14-27(15-17(2)29-16)21-9-4-18(12-25-21)13-26-22(28)23(10-3-11-23)19-5-7-20(24)8-6-19/h4-9,12,16-17H,3,10-11,13-15H2,1-2H3,(H,26,28). The van der Waals surface area contributed by atoms with Crippen LogP contribution in [0.25, 0.3) is 0 Å². The van der Waals surface area contributed by atoms with Crippen molar-refractivity contribution in [1.29, 1.82) is 0 Å². The Bertz CT molecular complexity index is 839. The average molecular weight is 397 g/mol. The fourth-order valence-corrected chi connectivity index (χ4v) is 4.37. The van der Waals surface area contributed by atoms with Gasteiger partial charge in [0.15, 0.2) is 0 Å². The third-order valence-corrected chi connectivity index (χ3v) is 6.04. The van der Waals surface area contributed by atoms with Crippen LogP contribution in [-0.2, 0) is 21.5 Å². The quantitative estimate of drug-likeness (QED) is 0.838. The summed E-state index contributed by atoms with van der Waals surface area (Å²) in [5.41, 5.74) is 1.33. The minimum absolute atomic E-state index is 0.00950. The predicted octanol–water partition coefficient (Wildman–Crippen LogP) is 3.57. The van der Waals surface area contributed by atoms with E-state index in [0.717, 1.165) is 49.3 Å². The van der Waals surface area contributed by atoms with Crippen LogP contribution in [0, 0.1) is 5.82 Å². The van der Waals surface area contributed by atoms with Crippen molar-refractivity contribution in [1.82, 2.24) is 10.3 Å². The first-order valence-corrected chi connectivity index (χ1v) is 10.4. The first kappa shape index (κ1) is 19.8. The number of ether oxygens (including phenoxy) is 1. The molecule has 29 heavy (non-hydrogen) atoms. The van der Waals surface area contributed by atoms with Crippen molar-refractivity contribution in [3.8, 4) is 0 Å². The van der Waals surface area contributed by atoms with Crippen molar-refractivity contribution in [2.75, 3.05) is 18.0 Å². The molecule has 2 heterocycles. The summed E-state index contributed by atoms with van der Waals surface area (Å²) in [6.45, 7) is 6.24. The minimum atomic E-state index is -0.527. The second-order valence-corrected chi connectivity index (χ2v) is 8.31. The third-order valence-electron chi connectivity index (χ3n) is 6.04. The number of nitrogens with one attached hydrogen (secondary N) is 1. The highest BCUT2D eigenvalue weighted by Crippen LogP contribution is 2.44. The molecule has 5 nitrogen and oxygen atoms in total. The zero-order valence-corrected chi connectivity index (χ0v) is 17.0. The largest absolute Gasteiger partial charge is 0.372 e. The predicted molar refractivity (Wildman–Crippen MR) is 110 cm³/mol. The Morgan fingerprint density at radius 2 is 1.86 bits per heavy atom. The van der Waals surface area contributed by atoms with Gasteiger partial charge in [-0.15, -0.1) is 0 Å². The van der Waals surface area contributed by atoms with Crippen molar-refractivity contribution < 1.29 is 13.9 Å². The SMILES string of the molecule is CC1CN(c2ccc(CNC(=O)C3(c4ccc(F)cc4)CCC3)cn2)CC(C)O1. The summed E-state index contributed by atoms with van der Waals surface area (Å²) in [5, 5.41) is 3.06. The Labute approximate surface area is 171 Å². The monoisotopic (exact) mass is 397 g/mol. The molecule has 2 aromatic rings. The molecule has 6 heteroatoms. The summed E-state index contributed by atoms with van der Waals surface area (Å²) in [6, 6.07) is 10.3. The van der Waals surface area contributed by atoms with Crippen molar-refractivity contribution in [3.63, 3.8) is 0 Å². The van der Waals surface area contributed by atoms with Gasteiger partial charge in [-0.3, -0.25) is 4.79 Å². The first-order chi connectivity index (χ1) is 14.0. The second-order valence-electron chi connectivity index (χ2n) is 8.31. The maximum Gasteiger partial charge on any atom is 0.230 e. The van der Waals surface area contributed by atoms with Crippen LogP contribution in [0.4, 0.5) is 10.2 Å². The van der Waals surface area contributed by atoms with Gasteiger partial charge in [0.25, 0.3) is 0 Å². The van der Waals surface area contributed by atoms with Crippen molar-refractivity contribution >= 4 is 11.7 Å². The number of amides is 1. The fraction of sp³-hybridized carbons (Fsp3) is 0.478. The summed E-state index contributed by atoms with van der Waals surface area (Å²) in [6.07, 6.45) is 4.81. The summed E-state index contributed by atoms with van der Waals surface area (Å²) in [5.74, 6) is 0.665. The molecule has 2 fully saturated rings. The van der Waals surface area contributed by atoms with Crippen LogP contribution >= 0.6 is 0 Å². The first-order valence-electron chi connectivity index (χ1n) is 10.4. The molecular weight excluding hydrogens is 369 g/mol. The summed E-state index contributed by atoms with van der Waals surface area (Å²) < 4.78 is 19.0. The number of morpholine rings is 1. The topological polar surface area (TPSA) is 54.5 Å². The molecule has 0 bridgehead atoms. The maximum atomic E-state index is 13.3. The number of hydrogen-bond acceptors (Lipinski definition) is 4. The molecule has 1 aromatic heterocycles. The zero-order valence-electron chi connectivity index (χ0n) is 17.0. The Hall–Kier alpha value is -2.47.